The first-order valence-electron chi connectivity index (χ1n) is 7.99. The highest BCUT2D eigenvalue weighted by Gasteiger charge is 2.17. The molecule has 26 heavy (non-hydrogen) atoms. The van der Waals surface area contributed by atoms with Crippen molar-refractivity contribution in [3.05, 3.63) is 74.8 Å². The number of nitrogens with zero attached hydrogens (tertiary/aromatic N) is 2. The summed E-state index contributed by atoms with van der Waals surface area (Å²) in [6.45, 7) is 3.54. The van der Waals surface area contributed by atoms with Crippen LogP contribution in [0.2, 0.25) is 0 Å². The molecule has 0 radical (unpaired) electrons. The molecule has 7 heteroatoms. The molecule has 0 heterocycles. The number of nitro benzene ring substituents is 1. The van der Waals surface area contributed by atoms with Gasteiger partial charge in [0.15, 0.2) is 6.61 Å². The van der Waals surface area contributed by atoms with Gasteiger partial charge in [-0.15, -0.1) is 0 Å². The van der Waals surface area contributed by atoms with E-state index < -0.39 is 17.5 Å². The van der Waals surface area contributed by atoms with Gasteiger partial charge in [-0.05, 0) is 31.5 Å². The fraction of sp³-hybridized carbons (Fsp3) is 0.263. The van der Waals surface area contributed by atoms with Gasteiger partial charge in [0.25, 0.3) is 11.6 Å². The van der Waals surface area contributed by atoms with E-state index in [9.17, 15) is 19.7 Å². The Morgan fingerprint density at radius 3 is 2.35 bits per heavy atom. The van der Waals surface area contributed by atoms with Gasteiger partial charge in [-0.25, -0.2) is 4.79 Å². The van der Waals surface area contributed by atoms with Crippen molar-refractivity contribution < 1.29 is 19.2 Å². The number of carbonyl (C=O) groups is 2. The second-order valence-corrected chi connectivity index (χ2v) is 6.07. The Morgan fingerprint density at radius 1 is 1.12 bits per heavy atom. The van der Waals surface area contributed by atoms with Crippen LogP contribution in [0.25, 0.3) is 0 Å². The average Bonchev–Trinajstić information content (AvgIpc) is 2.60. The Kier molecular flexibility index (Phi) is 6.06. The second-order valence-electron chi connectivity index (χ2n) is 6.07. The van der Waals surface area contributed by atoms with Crippen molar-refractivity contribution >= 4 is 17.6 Å². The lowest BCUT2D eigenvalue weighted by Crippen LogP contribution is -2.30. The molecule has 0 spiro atoms. The highest BCUT2D eigenvalue weighted by Crippen LogP contribution is 2.19. The highest BCUT2D eigenvalue weighted by atomic mass is 16.6. The molecule has 0 aliphatic carbocycles. The van der Waals surface area contributed by atoms with E-state index in [1.165, 1.54) is 30.0 Å². The number of esters is 1. The minimum atomic E-state index is -0.694. The number of hydrogen-bond donors (Lipinski definition) is 0. The smallest absolute Gasteiger partial charge is 0.338 e. The molecule has 136 valence electrons. The molecule has 0 fully saturated rings. The van der Waals surface area contributed by atoms with Gasteiger partial charge in [0.05, 0.1) is 10.5 Å². The molecule has 2 rings (SSSR count). The molecule has 0 aliphatic heterocycles. The maximum atomic E-state index is 12.1. The van der Waals surface area contributed by atoms with Crippen LogP contribution in [0.15, 0.2) is 42.5 Å². The highest BCUT2D eigenvalue weighted by molar-refractivity contribution is 5.91. The molecule has 0 atom stereocenters. The zero-order valence-electron chi connectivity index (χ0n) is 14.9. The van der Waals surface area contributed by atoms with E-state index in [0.29, 0.717) is 12.1 Å². The van der Waals surface area contributed by atoms with Crippen LogP contribution < -0.4 is 0 Å². The molecule has 0 N–H and O–H groups in total. The van der Waals surface area contributed by atoms with E-state index in [1.54, 1.807) is 7.05 Å². The number of aryl methyl sites for hydroxylation is 2. The van der Waals surface area contributed by atoms with Crippen molar-refractivity contribution in [3.63, 3.8) is 0 Å². The lowest BCUT2D eigenvalue weighted by atomic mass is 10.1. The lowest BCUT2D eigenvalue weighted by Gasteiger charge is -2.17. The number of hydrogen-bond acceptors (Lipinski definition) is 5. The van der Waals surface area contributed by atoms with Crippen LogP contribution in [-0.2, 0) is 16.1 Å². The van der Waals surface area contributed by atoms with Crippen molar-refractivity contribution in [2.45, 2.75) is 20.4 Å². The van der Waals surface area contributed by atoms with Gasteiger partial charge in [-0.3, -0.25) is 14.9 Å². The van der Waals surface area contributed by atoms with Gasteiger partial charge in [0, 0.05) is 25.2 Å². The summed E-state index contributed by atoms with van der Waals surface area (Å²) in [6, 6.07) is 11.7. The summed E-state index contributed by atoms with van der Waals surface area (Å²) in [4.78, 5) is 35.9. The Bertz CT molecular complexity index is 830. The van der Waals surface area contributed by atoms with E-state index in [4.69, 9.17) is 4.74 Å². The topological polar surface area (TPSA) is 89.8 Å². The Hall–Kier alpha value is -3.22. The largest absolute Gasteiger partial charge is 0.452 e. The molecule has 2 aromatic carbocycles. The Morgan fingerprint density at radius 2 is 1.77 bits per heavy atom. The lowest BCUT2D eigenvalue weighted by molar-refractivity contribution is -0.385. The molecular weight excluding hydrogens is 336 g/mol. The quantitative estimate of drug-likeness (QED) is 0.451. The number of nitro groups is 1. The van der Waals surface area contributed by atoms with E-state index in [0.717, 1.165) is 11.1 Å². The maximum Gasteiger partial charge on any atom is 0.338 e. The predicted octanol–water partition coefficient (Wildman–Crippen LogP) is 3.03. The number of rotatable bonds is 6. The van der Waals surface area contributed by atoms with Crippen LogP contribution in [0, 0.1) is 24.0 Å². The van der Waals surface area contributed by atoms with Crippen LogP contribution in [0.3, 0.4) is 0 Å². The monoisotopic (exact) mass is 356 g/mol. The summed E-state index contributed by atoms with van der Waals surface area (Å²) in [5, 5.41) is 10.8. The summed E-state index contributed by atoms with van der Waals surface area (Å²) < 4.78 is 5.02. The third kappa shape index (κ3) is 4.89. The summed E-state index contributed by atoms with van der Waals surface area (Å²) in [5.41, 5.74) is 2.56. The van der Waals surface area contributed by atoms with Gasteiger partial charge in [0.1, 0.15) is 0 Å². The zero-order valence-corrected chi connectivity index (χ0v) is 14.9. The first kappa shape index (κ1) is 19.1. The molecule has 2 aromatic rings. The maximum absolute atomic E-state index is 12.1. The van der Waals surface area contributed by atoms with E-state index in [2.05, 4.69) is 0 Å². The van der Waals surface area contributed by atoms with Gasteiger partial charge in [0.2, 0.25) is 0 Å². The average molecular weight is 356 g/mol. The molecule has 0 bridgehead atoms. The van der Waals surface area contributed by atoms with E-state index in [-0.39, 0.29) is 17.2 Å². The molecule has 0 saturated heterocycles. The third-order valence-electron chi connectivity index (χ3n) is 3.92. The van der Waals surface area contributed by atoms with Crippen molar-refractivity contribution in [3.8, 4) is 0 Å². The number of carbonyl (C=O) groups excluding carboxylic acids is 2. The summed E-state index contributed by atoms with van der Waals surface area (Å²) in [6.07, 6.45) is 0. The van der Waals surface area contributed by atoms with Gasteiger partial charge in [-0.2, -0.15) is 0 Å². The molecule has 0 aromatic heterocycles. The minimum absolute atomic E-state index is 0.0737. The second kappa shape index (κ2) is 8.24. The normalized spacial score (nSPS) is 10.3. The standard InChI is InChI=1S/C19H20N2O5/c1-13-4-6-15(7-5-13)11-20(3)18(22)12-26-19(23)16-8-9-17(21(24)25)14(2)10-16/h4-10H,11-12H2,1-3H3. The Labute approximate surface area is 151 Å². The Balaban J connectivity index is 1.91. The first-order chi connectivity index (χ1) is 12.3. The molecular formula is C19H20N2O5. The number of benzene rings is 2. The molecule has 7 nitrogen and oxygen atoms in total. The third-order valence-corrected chi connectivity index (χ3v) is 3.92. The molecule has 0 unspecified atom stereocenters. The van der Waals surface area contributed by atoms with Crippen molar-refractivity contribution in [2.75, 3.05) is 13.7 Å². The zero-order chi connectivity index (χ0) is 19.3. The molecule has 0 saturated carbocycles. The van der Waals surface area contributed by atoms with E-state index in [1.807, 2.05) is 31.2 Å². The van der Waals surface area contributed by atoms with Crippen LogP contribution in [0.5, 0.6) is 0 Å². The number of ether oxygens (including phenoxy) is 1. The molecule has 0 aliphatic rings. The van der Waals surface area contributed by atoms with E-state index >= 15 is 0 Å². The fourth-order valence-corrected chi connectivity index (χ4v) is 2.36. The van der Waals surface area contributed by atoms with Gasteiger partial charge in [-0.1, -0.05) is 29.8 Å². The molecule has 1 amide bonds. The van der Waals surface area contributed by atoms with Crippen molar-refractivity contribution in [2.24, 2.45) is 0 Å². The van der Waals surface area contributed by atoms with Crippen LogP contribution in [-0.4, -0.2) is 35.4 Å². The van der Waals surface area contributed by atoms with Gasteiger partial charge < -0.3 is 9.64 Å². The van der Waals surface area contributed by atoms with Crippen molar-refractivity contribution in [1.82, 2.24) is 4.90 Å². The van der Waals surface area contributed by atoms with Gasteiger partial charge >= 0.3 is 5.97 Å². The van der Waals surface area contributed by atoms with Crippen LogP contribution in [0.4, 0.5) is 5.69 Å². The van der Waals surface area contributed by atoms with Crippen LogP contribution >= 0.6 is 0 Å². The predicted molar refractivity (Wildman–Crippen MR) is 95.8 cm³/mol. The minimum Gasteiger partial charge on any atom is -0.452 e. The SMILES string of the molecule is Cc1ccc(CN(C)C(=O)COC(=O)c2ccc([N+](=O)[O-])c(C)c2)cc1. The van der Waals surface area contributed by atoms with Crippen LogP contribution in [0.1, 0.15) is 27.0 Å². The number of amides is 1. The number of likely N-dealkylation sites (N-methyl/N-ethyl adjacent to an activating group) is 1. The summed E-state index contributed by atoms with van der Waals surface area (Å²) >= 11 is 0. The summed E-state index contributed by atoms with van der Waals surface area (Å²) in [7, 11) is 1.63. The first-order valence-corrected chi connectivity index (χ1v) is 7.99. The summed E-state index contributed by atoms with van der Waals surface area (Å²) in [5.74, 6) is -1.03. The fourth-order valence-electron chi connectivity index (χ4n) is 2.36. The van der Waals surface area contributed by atoms with Crippen molar-refractivity contribution in [1.29, 1.82) is 0 Å².